The molecule has 234 valence electrons. The number of unbranched alkanes of at least 4 members (excludes halogenated alkanes) is 1. The summed E-state index contributed by atoms with van der Waals surface area (Å²) in [4.78, 5) is 0. The van der Waals surface area contributed by atoms with Gasteiger partial charge in [-0.3, -0.25) is 0 Å². The van der Waals surface area contributed by atoms with Crippen molar-refractivity contribution in [3.63, 3.8) is 0 Å². The number of hydrogen-bond acceptors (Lipinski definition) is 0. The van der Waals surface area contributed by atoms with Crippen molar-refractivity contribution >= 4 is 36.6 Å². The van der Waals surface area contributed by atoms with E-state index in [1.165, 1.54) is 61.0 Å². The summed E-state index contributed by atoms with van der Waals surface area (Å²) in [6.45, 7) is 7.85. The van der Waals surface area contributed by atoms with Crippen molar-refractivity contribution in [3.05, 3.63) is 194 Å². The minimum Gasteiger partial charge on any atom is -0.343 e. The first-order valence-electron chi connectivity index (χ1n) is 16.3. The zero-order valence-corrected chi connectivity index (χ0v) is 30.9. The minimum absolute atomic E-state index is 0. The molecular formula is C45H46SiTi. The van der Waals surface area contributed by atoms with Crippen LogP contribution in [0.3, 0.4) is 0 Å². The van der Waals surface area contributed by atoms with Crippen molar-refractivity contribution in [1.29, 1.82) is 0 Å². The number of hydrogen-bond donors (Lipinski definition) is 0. The average Bonchev–Trinajstić information content (AvgIpc) is 3.76. The quantitative estimate of drug-likeness (QED) is 0.118. The van der Waals surface area contributed by atoms with Gasteiger partial charge in [-0.15, -0.1) is 81.7 Å². The molecule has 0 aliphatic heterocycles. The van der Waals surface area contributed by atoms with Crippen LogP contribution >= 0.6 is 0 Å². The number of benzene rings is 5. The molecule has 0 aliphatic rings. The maximum Gasteiger partial charge on any atom is 4.00 e. The Morgan fingerprint density at radius 3 is 1.98 bits per heavy atom. The van der Waals surface area contributed by atoms with Crippen LogP contribution in [0, 0.1) is 20.3 Å². The molecule has 0 fully saturated rings. The summed E-state index contributed by atoms with van der Waals surface area (Å²) in [7, 11) is 2.00. The van der Waals surface area contributed by atoms with Gasteiger partial charge in [0.05, 0.1) is 0 Å². The van der Waals surface area contributed by atoms with Crippen molar-refractivity contribution in [3.8, 4) is 11.1 Å². The summed E-state index contributed by atoms with van der Waals surface area (Å²) in [5.74, 6) is 0. The second-order valence-electron chi connectivity index (χ2n) is 11.3. The largest absolute Gasteiger partial charge is 4.00 e. The molecule has 0 saturated heterocycles. The third-order valence-corrected chi connectivity index (χ3v) is 8.45. The predicted octanol–water partition coefficient (Wildman–Crippen LogP) is 11.6. The molecule has 7 rings (SSSR count). The van der Waals surface area contributed by atoms with Gasteiger partial charge in [-0.2, -0.15) is 48.7 Å². The minimum atomic E-state index is 0. The Labute approximate surface area is 301 Å². The zero-order chi connectivity index (χ0) is 32.4. The summed E-state index contributed by atoms with van der Waals surface area (Å²) in [6.07, 6.45) is 6.83. The van der Waals surface area contributed by atoms with E-state index in [0.29, 0.717) is 0 Å². The van der Waals surface area contributed by atoms with Gasteiger partial charge in [0.15, 0.2) is 0 Å². The molecule has 0 aliphatic carbocycles. The van der Waals surface area contributed by atoms with E-state index in [1.54, 1.807) is 0 Å². The van der Waals surface area contributed by atoms with Crippen LogP contribution in [0.4, 0.5) is 0 Å². The van der Waals surface area contributed by atoms with Crippen molar-refractivity contribution in [2.24, 2.45) is 0 Å². The zero-order valence-electron chi connectivity index (χ0n) is 27.9. The second kappa shape index (κ2) is 21.0. The fourth-order valence-electron chi connectivity index (χ4n) is 5.16. The third kappa shape index (κ3) is 12.3. The van der Waals surface area contributed by atoms with Gasteiger partial charge in [0.25, 0.3) is 0 Å². The molecular weight excluding hydrogens is 616 g/mol. The molecule has 0 heterocycles. The van der Waals surface area contributed by atoms with E-state index in [1.807, 2.05) is 9.85 Å². The maximum atomic E-state index is 3.60. The Hall–Kier alpha value is -4.01. The van der Waals surface area contributed by atoms with E-state index in [2.05, 4.69) is 191 Å². The van der Waals surface area contributed by atoms with Crippen molar-refractivity contribution in [2.45, 2.75) is 39.5 Å². The molecule has 0 aromatic heterocycles. The van der Waals surface area contributed by atoms with Crippen LogP contribution in [0.5, 0.6) is 0 Å². The smallest absolute Gasteiger partial charge is 0.343 e. The SMILES string of the molecule is Cc1cc2ccccc2[cH-]1.[CH2-]CCC.[SiH2]=C(CC[CH-]c1ccccc1)c1ccccc1.[Ti+4].c1ccc(-c2cccc3[cH-]ccc23)cc1. The first-order valence-corrected chi connectivity index (χ1v) is 17.0. The van der Waals surface area contributed by atoms with Gasteiger partial charge in [-0.25, -0.2) is 0 Å². The molecule has 47 heavy (non-hydrogen) atoms. The third-order valence-electron chi connectivity index (χ3n) is 7.69. The summed E-state index contributed by atoms with van der Waals surface area (Å²) < 4.78 is 0. The Bertz CT molecular complexity index is 1810. The van der Waals surface area contributed by atoms with Crippen LogP contribution in [0.2, 0.25) is 0 Å². The summed E-state index contributed by atoms with van der Waals surface area (Å²) in [5.41, 5.74) is 6.64. The van der Waals surface area contributed by atoms with Crippen LogP contribution in [0.1, 0.15) is 49.3 Å². The summed E-state index contributed by atoms with van der Waals surface area (Å²) in [5, 5.41) is 6.83. The van der Waals surface area contributed by atoms with Gasteiger partial charge in [-0.1, -0.05) is 116 Å². The van der Waals surface area contributed by atoms with E-state index < -0.39 is 0 Å². The molecule has 7 aromatic rings. The Kier molecular flexibility index (Phi) is 16.7. The Morgan fingerprint density at radius 2 is 1.32 bits per heavy atom. The van der Waals surface area contributed by atoms with E-state index in [4.69, 9.17) is 0 Å². The monoisotopic (exact) mass is 662 g/mol. The average molecular weight is 663 g/mol. The van der Waals surface area contributed by atoms with Gasteiger partial charge in [-0.05, 0) is 27.4 Å². The van der Waals surface area contributed by atoms with Gasteiger partial charge in [0.2, 0.25) is 0 Å². The number of aryl methyl sites for hydroxylation is 1. The van der Waals surface area contributed by atoms with E-state index in [-0.39, 0.29) is 21.7 Å². The van der Waals surface area contributed by atoms with E-state index in [0.717, 1.165) is 19.3 Å². The fraction of sp³-hybridized carbons (Fsp3) is 0.133. The van der Waals surface area contributed by atoms with Crippen molar-refractivity contribution in [1.82, 2.24) is 0 Å². The first-order chi connectivity index (χ1) is 22.6. The summed E-state index contributed by atoms with van der Waals surface area (Å²) in [6, 6.07) is 57.4. The number of fused-ring (bicyclic) bond motifs is 2. The Balaban J connectivity index is 0.000000184. The van der Waals surface area contributed by atoms with Crippen LogP contribution in [0.25, 0.3) is 32.7 Å². The van der Waals surface area contributed by atoms with Crippen LogP contribution in [0.15, 0.2) is 164 Å². The molecule has 2 heteroatoms. The predicted molar refractivity (Wildman–Crippen MR) is 208 cm³/mol. The molecule has 0 amide bonds. The topological polar surface area (TPSA) is 0 Å². The molecule has 0 unspecified atom stereocenters. The van der Waals surface area contributed by atoms with Crippen molar-refractivity contribution in [2.75, 3.05) is 0 Å². The molecule has 7 aromatic carbocycles. The van der Waals surface area contributed by atoms with Gasteiger partial charge < -0.3 is 6.92 Å². The van der Waals surface area contributed by atoms with Gasteiger partial charge >= 0.3 is 21.7 Å². The first kappa shape index (κ1) is 37.4. The van der Waals surface area contributed by atoms with Crippen LogP contribution < -0.4 is 0 Å². The maximum absolute atomic E-state index is 3.60. The van der Waals surface area contributed by atoms with Gasteiger partial charge in [0, 0.05) is 0 Å². The summed E-state index contributed by atoms with van der Waals surface area (Å²) >= 11 is 0. The molecule has 0 atom stereocenters. The number of rotatable bonds is 7. The second-order valence-corrected chi connectivity index (χ2v) is 12.2. The van der Waals surface area contributed by atoms with Crippen LogP contribution in [-0.4, -0.2) is 15.0 Å². The Morgan fingerprint density at radius 1 is 0.723 bits per heavy atom. The molecule has 0 N–H and O–H groups in total. The van der Waals surface area contributed by atoms with Crippen molar-refractivity contribution < 1.29 is 21.7 Å². The van der Waals surface area contributed by atoms with E-state index >= 15 is 0 Å². The molecule has 0 saturated carbocycles. The fourth-order valence-corrected chi connectivity index (χ4v) is 5.60. The molecule has 0 spiro atoms. The molecule has 0 nitrogen and oxygen atoms in total. The standard InChI is InChI=1S/C16H17Si.C15H11.C10H9.C4H9.Ti/c17-16(15-11-5-2-6-12-15)13-7-10-14-8-3-1-4-9-14;1-2-6-12(7-3-1)14-10-4-8-13-9-5-11-15(13)14;1-8-6-9-4-2-3-5-10(9)7-8;1-3-4-2;/h1-6,8-12H,7,13,17H2;1-11H;2-7H,1H3;1,3-4H2,2H3;/q4*-1;+4. The van der Waals surface area contributed by atoms with E-state index in [9.17, 15) is 0 Å². The normalized spacial score (nSPS) is 9.85. The molecule has 0 radical (unpaired) electrons. The molecule has 0 bridgehead atoms. The van der Waals surface area contributed by atoms with Gasteiger partial charge in [0.1, 0.15) is 0 Å². The van der Waals surface area contributed by atoms with Crippen LogP contribution in [-0.2, 0) is 21.7 Å².